The molecule has 2 nitrogen and oxygen atoms in total. The molecular weight excluding hydrogens is 100 g/mol. The molecule has 48 valence electrons. The molecule has 1 aliphatic heterocycles. The van der Waals surface area contributed by atoms with Gasteiger partial charge in [-0.05, 0) is 12.3 Å². The highest BCUT2D eigenvalue weighted by molar-refractivity contribution is 4.80. The summed E-state index contributed by atoms with van der Waals surface area (Å²) >= 11 is 0. The van der Waals surface area contributed by atoms with Crippen molar-refractivity contribution in [1.82, 2.24) is 5.01 Å². The Labute approximate surface area is 50.6 Å². The standard InChI is InChI=1S/C6H14N2/c1-5(2)6-3-4-8(6)7/h5-6H,3-4,7H2,1-2H3. The summed E-state index contributed by atoms with van der Waals surface area (Å²) in [6.45, 7) is 5.51. The fourth-order valence-electron chi connectivity index (χ4n) is 1.14. The Hall–Kier alpha value is -0.0800. The van der Waals surface area contributed by atoms with Gasteiger partial charge < -0.3 is 0 Å². The zero-order valence-corrected chi connectivity index (χ0v) is 5.59. The van der Waals surface area contributed by atoms with Gasteiger partial charge in [-0.15, -0.1) is 0 Å². The van der Waals surface area contributed by atoms with Gasteiger partial charge in [0.2, 0.25) is 0 Å². The van der Waals surface area contributed by atoms with E-state index >= 15 is 0 Å². The molecule has 0 bridgehead atoms. The normalized spacial score (nSPS) is 30.8. The lowest BCUT2D eigenvalue weighted by atomic mass is 9.94. The summed E-state index contributed by atoms with van der Waals surface area (Å²) in [5, 5.41) is 1.92. The maximum atomic E-state index is 5.56. The lowest BCUT2D eigenvalue weighted by Crippen LogP contribution is -2.54. The average molecular weight is 114 g/mol. The third kappa shape index (κ3) is 0.858. The molecule has 2 N–H and O–H groups in total. The van der Waals surface area contributed by atoms with E-state index in [1.54, 1.807) is 0 Å². The molecule has 1 heterocycles. The van der Waals surface area contributed by atoms with Crippen molar-refractivity contribution in [2.45, 2.75) is 26.3 Å². The van der Waals surface area contributed by atoms with Crippen LogP contribution in [-0.4, -0.2) is 17.6 Å². The number of hydrogen-bond donors (Lipinski definition) is 1. The van der Waals surface area contributed by atoms with Crippen molar-refractivity contribution in [3.63, 3.8) is 0 Å². The second-order valence-electron chi connectivity index (χ2n) is 2.84. The summed E-state index contributed by atoms with van der Waals surface area (Å²) in [6, 6.07) is 0.662. The van der Waals surface area contributed by atoms with Crippen LogP contribution < -0.4 is 5.84 Å². The second-order valence-corrected chi connectivity index (χ2v) is 2.84. The number of nitrogens with zero attached hydrogens (tertiary/aromatic N) is 1. The number of hydrogen-bond acceptors (Lipinski definition) is 2. The topological polar surface area (TPSA) is 29.3 Å². The highest BCUT2D eigenvalue weighted by Crippen LogP contribution is 2.19. The van der Waals surface area contributed by atoms with Gasteiger partial charge in [-0.2, -0.15) is 0 Å². The maximum absolute atomic E-state index is 5.56. The number of nitrogens with two attached hydrogens (primary N) is 1. The van der Waals surface area contributed by atoms with Crippen molar-refractivity contribution in [3.8, 4) is 0 Å². The van der Waals surface area contributed by atoms with E-state index in [0.29, 0.717) is 6.04 Å². The average Bonchev–Trinajstić information content (AvgIpc) is 1.61. The third-order valence-electron chi connectivity index (χ3n) is 1.88. The first kappa shape index (κ1) is 6.05. The van der Waals surface area contributed by atoms with Gasteiger partial charge in [-0.1, -0.05) is 13.8 Å². The lowest BCUT2D eigenvalue weighted by molar-refractivity contribution is 0.0565. The largest absolute Gasteiger partial charge is 0.269 e. The minimum Gasteiger partial charge on any atom is -0.269 e. The minimum atomic E-state index is 0.662. The van der Waals surface area contributed by atoms with Crippen molar-refractivity contribution >= 4 is 0 Å². The van der Waals surface area contributed by atoms with Gasteiger partial charge in [-0.3, -0.25) is 5.84 Å². The van der Waals surface area contributed by atoms with Gasteiger partial charge in [0.1, 0.15) is 0 Å². The van der Waals surface area contributed by atoms with Crippen LogP contribution in [0.2, 0.25) is 0 Å². The molecule has 0 amide bonds. The molecule has 0 spiro atoms. The zero-order valence-electron chi connectivity index (χ0n) is 5.59. The van der Waals surface area contributed by atoms with E-state index in [2.05, 4.69) is 13.8 Å². The van der Waals surface area contributed by atoms with Crippen molar-refractivity contribution in [3.05, 3.63) is 0 Å². The molecule has 1 fully saturated rings. The zero-order chi connectivity index (χ0) is 6.15. The van der Waals surface area contributed by atoms with Gasteiger partial charge in [0, 0.05) is 12.6 Å². The van der Waals surface area contributed by atoms with Gasteiger partial charge in [-0.25, -0.2) is 5.01 Å². The van der Waals surface area contributed by atoms with E-state index in [1.165, 1.54) is 6.42 Å². The third-order valence-corrected chi connectivity index (χ3v) is 1.88. The summed E-state index contributed by atoms with van der Waals surface area (Å²) in [6.07, 6.45) is 1.29. The Morgan fingerprint density at radius 2 is 2.25 bits per heavy atom. The molecule has 0 aromatic heterocycles. The molecule has 8 heavy (non-hydrogen) atoms. The Balaban J connectivity index is 2.26. The first-order valence-corrected chi connectivity index (χ1v) is 3.23. The molecule has 1 atom stereocenters. The summed E-state index contributed by atoms with van der Waals surface area (Å²) in [5.41, 5.74) is 0. The van der Waals surface area contributed by atoms with Crippen LogP contribution >= 0.6 is 0 Å². The van der Waals surface area contributed by atoms with Crippen LogP contribution in [0.25, 0.3) is 0 Å². The molecule has 1 unspecified atom stereocenters. The van der Waals surface area contributed by atoms with E-state index < -0.39 is 0 Å². The fourth-order valence-corrected chi connectivity index (χ4v) is 1.14. The Bertz CT molecular complexity index is 75.8. The molecule has 1 saturated heterocycles. The van der Waals surface area contributed by atoms with Crippen molar-refractivity contribution in [1.29, 1.82) is 0 Å². The van der Waals surface area contributed by atoms with E-state index in [1.807, 2.05) is 5.01 Å². The van der Waals surface area contributed by atoms with Crippen LogP contribution in [0.15, 0.2) is 0 Å². The molecule has 0 aliphatic carbocycles. The van der Waals surface area contributed by atoms with Crippen molar-refractivity contribution in [2.24, 2.45) is 11.8 Å². The first-order chi connectivity index (χ1) is 3.72. The Kier molecular flexibility index (Phi) is 1.54. The highest BCUT2D eigenvalue weighted by Gasteiger charge is 2.27. The number of rotatable bonds is 1. The van der Waals surface area contributed by atoms with Crippen LogP contribution in [0.1, 0.15) is 20.3 Å². The molecule has 1 rings (SSSR count). The predicted molar refractivity (Wildman–Crippen MR) is 34.1 cm³/mol. The van der Waals surface area contributed by atoms with Gasteiger partial charge in [0.25, 0.3) is 0 Å². The van der Waals surface area contributed by atoms with E-state index in [9.17, 15) is 0 Å². The minimum absolute atomic E-state index is 0.662. The maximum Gasteiger partial charge on any atom is 0.0276 e. The summed E-state index contributed by atoms with van der Waals surface area (Å²) < 4.78 is 0. The number of hydrazine groups is 1. The second kappa shape index (κ2) is 2.03. The summed E-state index contributed by atoms with van der Waals surface area (Å²) in [4.78, 5) is 0. The Morgan fingerprint density at radius 3 is 2.25 bits per heavy atom. The molecular formula is C6H14N2. The smallest absolute Gasteiger partial charge is 0.0276 e. The van der Waals surface area contributed by atoms with E-state index in [4.69, 9.17) is 5.84 Å². The molecule has 0 saturated carbocycles. The monoisotopic (exact) mass is 114 g/mol. The van der Waals surface area contributed by atoms with Gasteiger partial charge in [0.05, 0.1) is 0 Å². The molecule has 2 heteroatoms. The van der Waals surface area contributed by atoms with Gasteiger partial charge in [0.15, 0.2) is 0 Å². The van der Waals surface area contributed by atoms with Crippen molar-refractivity contribution in [2.75, 3.05) is 6.54 Å². The van der Waals surface area contributed by atoms with Crippen molar-refractivity contribution < 1.29 is 0 Å². The van der Waals surface area contributed by atoms with Gasteiger partial charge >= 0.3 is 0 Å². The molecule has 0 aromatic carbocycles. The van der Waals surface area contributed by atoms with Crippen LogP contribution in [-0.2, 0) is 0 Å². The van der Waals surface area contributed by atoms with Crippen LogP contribution in [0.4, 0.5) is 0 Å². The van der Waals surface area contributed by atoms with E-state index in [0.717, 1.165) is 12.5 Å². The SMILES string of the molecule is CC(C)C1CCN1N. The molecule has 1 aliphatic rings. The summed E-state index contributed by atoms with van der Waals surface area (Å²) in [5.74, 6) is 6.29. The lowest BCUT2D eigenvalue weighted by Gasteiger charge is -2.39. The highest BCUT2D eigenvalue weighted by atomic mass is 15.5. The predicted octanol–water partition coefficient (Wildman–Crippen LogP) is 0.590. The first-order valence-electron chi connectivity index (χ1n) is 3.23. The van der Waals surface area contributed by atoms with Crippen LogP contribution in [0, 0.1) is 5.92 Å². The summed E-state index contributed by atoms with van der Waals surface area (Å²) in [7, 11) is 0. The quantitative estimate of drug-likeness (QED) is 0.505. The molecule has 0 radical (unpaired) electrons. The molecule has 0 aromatic rings. The van der Waals surface area contributed by atoms with Crippen LogP contribution in [0.5, 0.6) is 0 Å². The van der Waals surface area contributed by atoms with Crippen LogP contribution in [0.3, 0.4) is 0 Å². The van der Waals surface area contributed by atoms with E-state index in [-0.39, 0.29) is 0 Å². The Morgan fingerprint density at radius 1 is 1.62 bits per heavy atom. The fraction of sp³-hybridized carbons (Fsp3) is 1.00.